The average molecular weight is 295 g/mol. The van der Waals surface area contributed by atoms with Gasteiger partial charge in [-0.1, -0.05) is 13.8 Å². The highest BCUT2D eigenvalue weighted by atomic mass is 16.5. The molecule has 0 radical (unpaired) electrons. The molecule has 0 aromatic heterocycles. The SMILES string of the molecule is CC(C)/C(O)=C/C(=N)NC(=O)[C@@H]1CCN1C1CCOCC1. The zero-order valence-corrected chi connectivity index (χ0v) is 12.8. The third-order valence-corrected chi connectivity index (χ3v) is 4.17. The molecule has 0 saturated carbocycles. The fourth-order valence-corrected chi connectivity index (χ4v) is 2.71. The lowest BCUT2D eigenvalue weighted by molar-refractivity contribution is -0.133. The second-order valence-electron chi connectivity index (χ2n) is 6.01. The number of amides is 1. The van der Waals surface area contributed by atoms with Gasteiger partial charge in [-0.3, -0.25) is 15.1 Å². The highest BCUT2D eigenvalue weighted by Crippen LogP contribution is 2.26. The molecule has 0 unspecified atom stereocenters. The van der Waals surface area contributed by atoms with E-state index in [2.05, 4.69) is 10.2 Å². The van der Waals surface area contributed by atoms with Crippen LogP contribution in [-0.4, -0.2) is 53.6 Å². The number of likely N-dealkylation sites (tertiary alicyclic amines) is 1. The zero-order chi connectivity index (χ0) is 15.4. The summed E-state index contributed by atoms with van der Waals surface area (Å²) in [5.41, 5.74) is 0. The van der Waals surface area contributed by atoms with Crippen molar-refractivity contribution in [2.45, 2.75) is 45.2 Å². The molecule has 2 heterocycles. The minimum absolute atomic E-state index is 0.0509. The molecular formula is C15H25N3O3. The van der Waals surface area contributed by atoms with E-state index in [0.29, 0.717) is 6.04 Å². The maximum Gasteiger partial charge on any atom is 0.242 e. The van der Waals surface area contributed by atoms with Gasteiger partial charge in [-0.05, 0) is 19.3 Å². The Morgan fingerprint density at radius 2 is 2.05 bits per heavy atom. The van der Waals surface area contributed by atoms with Crippen molar-refractivity contribution in [3.8, 4) is 0 Å². The summed E-state index contributed by atoms with van der Waals surface area (Å²) in [6, 6.07) is 0.264. The van der Waals surface area contributed by atoms with Crippen molar-refractivity contribution in [1.29, 1.82) is 5.41 Å². The number of nitrogens with zero attached hydrogens (tertiary/aromatic N) is 1. The van der Waals surface area contributed by atoms with Crippen molar-refractivity contribution in [1.82, 2.24) is 10.2 Å². The van der Waals surface area contributed by atoms with Crippen molar-refractivity contribution >= 4 is 11.7 Å². The molecule has 6 heteroatoms. The number of hydrogen-bond acceptors (Lipinski definition) is 5. The lowest BCUT2D eigenvalue weighted by Crippen LogP contribution is -2.61. The quantitative estimate of drug-likeness (QED) is 0.416. The van der Waals surface area contributed by atoms with Gasteiger partial charge in [0.2, 0.25) is 5.91 Å². The first-order chi connectivity index (χ1) is 9.99. The monoisotopic (exact) mass is 295 g/mol. The van der Waals surface area contributed by atoms with E-state index in [1.165, 1.54) is 6.08 Å². The number of aliphatic hydroxyl groups excluding tert-OH is 1. The number of allylic oxidation sites excluding steroid dienone is 1. The number of amidine groups is 1. The van der Waals surface area contributed by atoms with Gasteiger partial charge >= 0.3 is 0 Å². The van der Waals surface area contributed by atoms with Gasteiger partial charge in [0.05, 0.1) is 11.8 Å². The van der Waals surface area contributed by atoms with Crippen LogP contribution in [0.2, 0.25) is 0 Å². The number of carbonyl (C=O) groups is 1. The zero-order valence-electron chi connectivity index (χ0n) is 12.8. The lowest BCUT2D eigenvalue weighted by Gasteiger charge is -2.46. The number of rotatable bonds is 4. The third kappa shape index (κ3) is 4.04. The van der Waals surface area contributed by atoms with Gasteiger partial charge in [0.15, 0.2) is 0 Å². The van der Waals surface area contributed by atoms with Crippen molar-refractivity contribution in [3.05, 3.63) is 11.8 Å². The molecule has 118 valence electrons. The highest BCUT2D eigenvalue weighted by molar-refractivity contribution is 6.04. The molecule has 2 rings (SSSR count). The number of aliphatic hydroxyl groups is 1. The van der Waals surface area contributed by atoms with Crippen molar-refractivity contribution in [2.75, 3.05) is 19.8 Å². The second-order valence-corrected chi connectivity index (χ2v) is 6.01. The number of ether oxygens (including phenoxy) is 1. The number of nitrogens with one attached hydrogen (secondary N) is 2. The largest absolute Gasteiger partial charge is 0.512 e. The molecule has 6 nitrogen and oxygen atoms in total. The molecule has 1 atom stereocenters. The lowest BCUT2D eigenvalue weighted by atomic mass is 9.95. The Balaban J connectivity index is 1.85. The van der Waals surface area contributed by atoms with Gasteiger partial charge < -0.3 is 15.2 Å². The van der Waals surface area contributed by atoms with E-state index in [0.717, 1.165) is 39.0 Å². The summed E-state index contributed by atoms with van der Waals surface area (Å²) >= 11 is 0. The standard InChI is InChI=1S/C15H25N3O3/c1-10(2)13(19)9-14(16)17-15(20)12-3-6-18(12)11-4-7-21-8-5-11/h9-12,19H,3-8H2,1-2H3,(H2,16,17,20)/b13-9-/t12-/m0/s1. The van der Waals surface area contributed by atoms with Crippen LogP contribution in [0, 0.1) is 11.3 Å². The van der Waals surface area contributed by atoms with Crippen LogP contribution in [0.3, 0.4) is 0 Å². The Bertz CT molecular complexity index is 428. The van der Waals surface area contributed by atoms with E-state index in [1.807, 2.05) is 13.8 Å². The smallest absolute Gasteiger partial charge is 0.242 e. The molecule has 0 aromatic carbocycles. The Morgan fingerprint density at radius 3 is 2.57 bits per heavy atom. The van der Waals surface area contributed by atoms with Crippen LogP contribution >= 0.6 is 0 Å². The van der Waals surface area contributed by atoms with Gasteiger partial charge in [-0.15, -0.1) is 0 Å². The Morgan fingerprint density at radius 1 is 1.38 bits per heavy atom. The molecule has 2 aliphatic heterocycles. The van der Waals surface area contributed by atoms with Gasteiger partial charge in [-0.2, -0.15) is 0 Å². The molecule has 2 saturated heterocycles. The summed E-state index contributed by atoms with van der Waals surface area (Å²) < 4.78 is 5.35. The topological polar surface area (TPSA) is 85.7 Å². The molecular weight excluding hydrogens is 270 g/mol. The molecule has 2 aliphatic rings. The summed E-state index contributed by atoms with van der Waals surface area (Å²) in [5, 5.41) is 19.9. The molecule has 0 aliphatic carbocycles. The molecule has 0 spiro atoms. The van der Waals surface area contributed by atoms with Gasteiger partial charge in [0.25, 0.3) is 0 Å². The van der Waals surface area contributed by atoms with Gasteiger partial charge in [0, 0.05) is 37.8 Å². The minimum atomic E-state index is -0.150. The van der Waals surface area contributed by atoms with Gasteiger partial charge in [0.1, 0.15) is 5.84 Å². The van der Waals surface area contributed by atoms with Crippen molar-refractivity contribution in [3.63, 3.8) is 0 Å². The van der Waals surface area contributed by atoms with Gasteiger partial charge in [-0.25, -0.2) is 0 Å². The summed E-state index contributed by atoms with van der Waals surface area (Å²) in [7, 11) is 0. The third-order valence-electron chi connectivity index (χ3n) is 4.17. The first kappa shape index (κ1) is 16.0. The van der Waals surface area contributed by atoms with Crippen LogP contribution < -0.4 is 5.32 Å². The molecule has 0 aromatic rings. The van der Waals surface area contributed by atoms with Crippen molar-refractivity contribution < 1.29 is 14.6 Å². The molecule has 21 heavy (non-hydrogen) atoms. The maximum absolute atomic E-state index is 12.2. The van der Waals surface area contributed by atoms with Crippen LogP contribution in [0.4, 0.5) is 0 Å². The molecule has 2 fully saturated rings. The fraction of sp³-hybridized carbons (Fsp3) is 0.733. The van der Waals surface area contributed by atoms with Crippen LogP contribution in [0.25, 0.3) is 0 Å². The first-order valence-electron chi connectivity index (χ1n) is 7.62. The van der Waals surface area contributed by atoms with E-state index in [-0.39, 0.29) is 29.5 Å². The normalized spacial score (nSPS) is 24.7. The predicted molar refractivity (Wildman–Crippen MR) is 80.4 cm³/mol. The van der Waals surface area contributed by atoms with E-state index in [1.54, 1.807) is 0 Å². The average Bonchev–Trinajstić information content (AvgIpc) is 2.37. The summed E-state index contributed by atoms with van der Waals surface area (Å²) in [5.74, 6) is -0.143. The highest BCUT2D eigenvalue weighted by Gasteiger charge is 2.39. The summed E-state index contributed by atoms with van der Waals surface area (Å²) in [4.78, 5) is 14.4. The Hall–Kier alpha value is -1.40. The Kier molecular flexibility index (Phi) is 5.36. The first-order valence-corrected chi connectivity index (χ1v) is 7.62. The van der Waals surface area contributed by atoms with E-state index in [4.69, 9.17) is 10.1 Å². The molecule has 1 amide bonds. The van der Waals surface area contributed by atoms with Crippen molar-refractivity contribution in [2.24, 2.45) is 5.92 Å². The van der Waals surface area contributed by atoms with Crippen LogP contribution in [0.5, 0.6) is 0 Å². The summed E-state index contributed by atoms with van der Waals surface area (Å²) in [6.07, 6.45) is 4.07. The van der Waals surface area contributed by atoms with Crippen LogP contribution in [0.15, 0.2) is 11.8 Å². The van der Waals surface area contributed by atoms with E-state index >= 15 is 0 Å². The van der Waals surface area contributed by atoms with E-state index in [9.17, 15) is 9.90 Å². The number of hydrogen-bond donors (Lipinski definition) is 3. The Labute approximate surface area is 125 Å². The van der Waals surface area contributed by atoms with Crippen LogP contribution in [0.1, 0.15) is 33.1 Å². The van der Waals surface area contributed by atoms with E-state index < -0.39 is 0 Å². The maximum atomic E-state index is 12.2. The number of carbonyl (C=O) groups excluding carboxylic acids is 1. The fourth-order valence-electron chi connectivity index (χ4n) is 2.71. The molecule has 3 N–H and O–H groups in total. The molecule has 0 bridgehead atoms. The summed E-state index contributed by atoms with van der Waals surface area (Å²) in [6.45, 7) is 6.12. The minimum Gasteiger partial charge on any atom is -0.512 e. The van der Waals surface area contributed by atoms with Crippen LogP contribution in [-0.2, 0) is 9.53 Å². The second kappa shape index (κ2) is 7.04. The predicted octanol–water partition coefficient (Wildman–Crippen LogP) is 1.43.